The van der Waals surface area contributed by atoms with Gasteiger partial charge in [0.2, 0.25) is 0 Å². The maximum atomic E-state index is 5.34. The molecule has 0 amide bonds. The Morgan fingerprint density at radius 3 is 2.95 bits per heavy atom. The molecular formula is C15H20ClN3O. The van der Waals surface area contributed by atoms with Gasteiger partial charge < -0.3 is 15.0 Å². The zero-order chi connectivity index (χ0) is 13.2. The molecule has 1 N–H and O–H groups in total. The number of hydrogen-bond donors (Lipinski definition) is 1. The van der Waals surface area contributed by atoms with Gasteiger partial charge in [0.25, 0.3) is 0 Å². The van der Waals surface area contributed by atoms with Gasteiger partial charge in [0, 0.05) is 25.0 Å². The molecule has 108 valence electrons. The van der Waals surface area contributed by atoms with E-state index in [0.29, 0.717) is 6.04 Å². The van der Waals surface area contributed by atoms with Crippen LogP contribution in [0.3, 0.4) is 0 Å². The summed E-state index contributed by atoms with van der Waals surface area (Å²) >= 11 is 0. The number of aromatic nitrogens is 1. The van der Waals surface area contributed by atoms with Crippen molar-refractivity contribution in [2.75, 3.05) is 32.1 Å². The number of anilines is 1. The molecule has 0 bridgehead atoms. The molecule has 2 heterocycles. The number of pyridine rings is 1. The lowest BCUT2D eigenvalue weighted by Crippen LogP contribution is -2.33. The van der Waals surface area contributed by atoms with Gasteiger partial charge in [0.05, 0.1) is 19.0 Å². The second-order valence-electron chi connectivity index (χ2n) is 4.98. The first-order valence-electron chi connectivity index (χ1n) is 6.66. The highest BCUT2D eigenvalue weighted by Crippen LogP contribution is 2.27. The Hall–Kier alpha value is -1.52. The number of halogens is 1. The first-order chi connectivity index (χ1) is 9.29. The number of hydrogen-bond acceptors (Lipinski definition) is 4. The van der Waals surface area contributed by atoms with Gasteiger partial charge in [-0.1, -0.05) is 12.1 Å². The van der Waals surface area contributed by atoms with Crippen molar-refractivity contribution in [1.82, 2.24) is 10.3 Å². The van der Waals surface area contributed by atoms with Crippen molar-refractivity contribution >= 4 is 29.0 Å². The molecule has 1 aromatic carbocycles. The predicted octanol–water partition coefficient (Wildman–Crippen LogP) is 2.46. The number of rotatable bonds is 3. The van der Waals surface area contributed by atoms with E-state index in [2.05, 4.69) is 34.4 Å². The molecule has 1 saturated heterocycles. The van der Waals surface area contributed by atoms with E-state index in [-0.39, 0.29) is 12.4 Å². The van der Waals surface area contributed by atoms with Crippen LogP contribution in [0, 0.1) is 0 Å². The van der Waals surface area contributed by atoms with Crippen LogP contribution in [0.15, 0.2) is 30.5 Å². The zero-order valence-electron chi connectivity index (χ0n) is 11.8. The van der Waals surface area contributed by atoms with E-state index in [1.807, 2.05) is 18.3 Å². The Labute approximate surface area is 125 Å². The van der Waals surface area contributed by atoms with Crippen molar-refractivity contribution in [2.45, 2.75) is 12.5 Å². The zero-order valence-corrected chi connectivity index (χ0v) is 12.6. The van der Waals surface area contributed by atoms with Crippen molar-refractivity contribution in [3.05, 3.63) is 30.5 Å². The van der Waals surface area contributed by atoms with Crippen LogP contribution in [0.25, 0.3) is 10.9 Å². The molecule has 1 aliphatic rings. The van der Waals surface area contributed by atoms with Crippen LogP contribution in [0.4, 0.5) is 5.69 Å². The average Bonchev–Trinajstić information content (AvgIpc) is 2.99. The molecule has 1 unspecified atom stereocenters. The molecule has 0 radical (unpaired) electrons. The highest BCUT2D eigenvalue weighted by Gasteiger charge is 2.19. The van der Waals surface area contributed by atoms with E-state index >= 15 is 0 Å². The number of para-hydroxylation sites is 1. The Kier molecular flexibility index (Phi) is 4.68. The van der Waals surface area contributed by atoms with E-state index in [1.165, 1.54) is 6.42 Å². The lowest BCUT2D eigenvalue weighted by atomic mass is 10.1. The summed E-state index contributed by atoms with van der Waals surface area (Å²) in [6.45, 7) is 2.15. The summed E-state index contributed by atoms with van der Waals surface area (Å²) in [4.78, 5) is 6.87. The fraction of sp³-hybridized carbons (Fsp3) is 0.400. The number of nitrogens with zero attached hydrogens (tertiary/aromatic N) is 2. The number of nitrogens with one attached hydrogen (secondary N) is 1. The third-order valence-electron chi connectivity index (χ3n) is 3.87. The van der Waals surface area contributed by atoms with Crippen LogP contribution in [0.2, 0.25) is 0 Å². The highest BCUT2D eigenvalue weighted by atomic mass is 35.5. The van der Waals surface area contributed by atoms with E-state index in [1.54, 1.807) is 7.11 Å². The SMILES string of the molecule is COc1cccc2cc(N(C)C3CCNC3)cnc12.Cl. The topological polar surface area (TPSA) is 37.4 Å². The van der Waals surface area contributed by atoms with Crippen molar-refractivity contribution in [3.8, 4) is 5.75 Å². The molecule has 4 nitrogen and oxygen atoms in total. The molecular weight excluding hydrogens is 274 g/mol. The predicted molar refractivity (Wildman–Crippen MR) is 85.2 cm³/mol. The van der Waals surface area contributed by atoms with Crippen molar-refractivity contribution in [1.29, 1.82) is 0 Å². The Bertz CT molecular complexity index is 584. The minimum absolute atomic E-state index is 0. The van der Waals surface area contributed by atoms with E-state index in [9.17, 15) is 0 Å². The number of likely N-dealkylation sites (N-methyl/N-ethyl adjacent to an activating group) is 1. The minimum Gasteiger partial charge on any atom is -0.494 e. The van der Waals surface area contributed by atoms with Crippen LogP contribution in [0.1, 0.15) is 6.42 Å². The van der Waals surface area contributed by atoms with Gasteiger partial charge in [-0.25, -0.2) is 0 Å². The quantitative estimate of drug-likeness (QED) is 0.943. The Balaban J connectivity index is 0.00000147. The summed E-state index contributed by atoms with van der Waals surface area (Å²) in [5.41, 5.74) is 2.08. The summed E-state index contributed by atoms with van der Waals surface area (Å²) in [5.74, 6) is 0.828. The number of ether oxygens (including phenoxy) is 1. The molecule has 0 saturated carbocycles. The second-order valence-corrected chi connectivity index (χ2v) is 4.98. The van der Waals surface area contributed by atoms with Gasteiger partial charge in [0.1, 0.15) is 11.3 Å². The molecule has 3 rings (SSSR count). The van der Waals surface area contributed by atoms with E-state index < -0.39 is 0 Å². The number of methoxy groups -OCH3 is 1. The monoisotopic (exact) mass is 293 g/mol. The average molecular weight is 294 g/mol. The van der Waals surface area contributed by atoms with Crippen LogP contribution in [-0.4, -0.2) is 38.3 Å². The van der Waals surface area contributed by atoms with Crippen LogP contribution >= 0.6 is 12.4 Å². The van der Waals surface area contributed by atoms with Crippen molar-refractivity contribution in [2.24, 2.45) is 0 Å². The minimum atomic E-state index is 0. The molecule has 5 heteroatoms. The molecule has 0 spiro atoms. The molecule has 1 aliphatic heterocycles. The van der Waals surface area contributed by atoms with Gasteiger partial charge in [-0.2, -0.15) is 0 Å². The first kappa shape index (κ1) is 14.9. The standard InChI is InChI=1S/C15H19N3O.ClH/c1-18(12-6-7-16-9-12)13-8-11-4-3-5-14(19-2)15(11)17-10-13;/h3-5,8,10,12,16H,6-7,9H2,1-2H3;1H. The highest BCUT2D eigenvalue weighted by molar-refractivity contribution is 5.87. The van der Waals surface area contributed by atoms with Crippen LogP contribution in [-0.2, 0) is 0 Å². The van der Waals surface area contributed by atoms with E-state index in [0.717, 1.165) is 35.4 Å². The third kappa shape index (κ3) is 2.67. The summed E-state index contributed by atoms with van der Waals surface area (Å²) in [6, 6.07) is 8.77. The van der Waals surface area contributed by atoms with Crippen LogP contribution < -0.4 is 15.0 Å². The summed E-state index contributed by atoms with van der Waals surface area (Å²) < 4.78 is 5.34. The summed E-state index contributed by atoms with van der Waals surface area (Å²) in [7, 11) is 3.82. The smallest absolute Gasteiger partial charge is 0.145 e. The maximum absolute atomic E-state index is 5.34. The number of benzene rings is 1. The van der Waals surface area contributed by atoms with Gasteiger partial charge >= 0.3 is 0 Å². The molecule has 20 heavy (non-hydrogen) atoms. The second kappa shape index (κ2) is 6.29. The molecule has 0 aliphatic carbocycles. The summed E-state index contributed by atoms with van der Waals surface area (Å²) in [5, 5.41) is 4.52. The lowest BCUT2D eigenvalue weighted by molar-refractivity contribution is 0.419. The Morgan fingerprint density at radius 2 is 2.25 bits per heavy atom. The van der Waals surface area contributed by atoms with Gasteiger partial charge in [-0.05, 0) is 25.1 Å². The normalized spacial score (nSPS) is 17.8. The lowest BCUT2D eigenvalue weighted by Gasteiger charge is -2.25. The van der Waals surface area contributed by atoms with Crippen LogP contribution in [0.5, 0.6) is 5.75 Å². The first-order valence-corrected chi connectivity index (χ1v) is 6.66. The summed E-state index contributed by atoms with van der Waals surface area (Å²) in [6.07, 6.45) is 3.12. The van der Waals surface area contributed by atoms with E-state index in [4.69, 9.17) is 4.74 Å². The third-order valence-corrected chi connectivity index (χ3v) is 3.87. The maximum Gasteiger partial charge on any atom is 0.145 e. The van der Waals surface area contributed by atoms with Gasteiger partial charge in [-0.15, -0.1) is 12.4 Å². The van der Waals surface area contributed by atoms with Gasteiger partial charge in [0.15, 0.2) is 0 Å². The fourth-order valence-electron chi connectivity index (χ4n) is 2.66. The molecule has 1 fully saturated rings. The number of fused-ring (bicyclic) bond motifs is 1. The molecule has 1 aromatic heterocycles. The van der Waals surface area contributed by atoms with Crippen molar-refractivity contribution < 1.29 is 4.74 Å². The molecule has 2 aromatic rings. The van der Waals surface area contributed by atoms with Gasteiger partial charge in [-0.3, -0.25) is 4.98 Å². The molecule has 1 atom stereocenters. The Morgan fingerprint density at radius 1 is 1.40 bits per heavy atom. The fourth-order valence-corrected chi connectivity index (χ4v) is 2.66. The van der Waals surface area contributed by atoms with Crippen molar-refractivity contribution in [3.63, 3.8) is 0 Å². The largest absolute Gasteiger partial charge is 0.494 e.